The molecule has 3 amide bonds. The SMILES string of the molecule is COc1ccc(N(C(=O)Nc2ccc(F)cc2)[C@H](C)c2nc3ccccc3c(=O)n2N2CCN(C(=O)[C@@H]3CCCN3)CC2)c(OC)c1. The van der Waals surface area contributed by atoms with E-state index in [-0.39, 0.29) is 17.5 Å². The molecule has 2 atom stereocenters. The Labute approximate surface area is 271 Å². The van der Waals surface area contributed by atoms with Crippen LogP contribution in [0.5, 0.6) is 11.5 Å². The number of carbonyl (C=O) groups is 2. The number of nitrogens with zero attached hydrogens (tertiary/aromatic N) is 5. The summed E-state index contributed by atoms with van der Waals surface area (Å²) in [5, 5.41) is 8.45. The number of aromatic nitrogens is 2. The van der Waals surface area contributed by atoms with Crippen molar-refractivity contribution in [1.82, 2.24) is 19.9 Å². The average Bonchev–Trinajstić information content (AvgIpc) is 3.64. The van der Waals surface area contributed by atoms with E-state index < -0.39 is 17.9 Å². The third-order valence-electron chi connectivity index (χ3n) is 8.71. The molecule has 2 aliphatic heterocycles. The van der Waals surface area contributed by atoms with Crippen LogP contribution in [-0.4, -0.2) is 79.5 Å². The Morgan fingerprint density at radius 3 is 2.45 bits per heavy atom. The second-order valence-electron chi connectivity index (χ2n) is 11.6. The number of fused-ring (bicyclic) bond motifs is 1. The summed E-state index contributed by atoms with van der Waals surface area (Å²) in [5.41, 5.74) is 0.976. The highest BCUT2D eigenvalue weighted by Crippen LogP contribution is 2.37. The number of piperazine rings is 1. The van der Waals surface area contributed by atoms with Gasteiger partial charge in [-0.2, -0.15) is 0 Å². The zero-order chi connectivity index (χ0) is 33.1. The van der Waals surface area contributed by atoms with Gasteiger partial charge in [-0.1, -0.05) is 12.1 Å². The van der Waals surface area contributed by atoms with Gasteiger partial charge in [-0.3, -0.25) is 14.5 Å². The molecule has 1 aromatic heterocycles. The van der Waals surface area contributed by atoms with E-state index in [4.69, 9.17) is 14.5 Å². The van der Waals surface area contributed by atoms with E-state index >= 15 is 0 Å². The fourth-order valence-corrected chi connectivity index (χ4v) is 6.23. The van der Waals surface area contributed by atoms with Crippen LogP contribution in [-0.2, 0) is 4.79 Å². The number of hydrogen-bond donors (Lipinski definition) is 2. The molecular formula is C34H38FN7O5. The Morgan fingerprint density at radius 1 is 1.02 bits per heavy atom. The van der Waals surface area contributed by atoms with Crippen molar-refractivity contribution < 1.29 is 23.5 Å². The quantitative estimate of drug-likeness (QED) is 0.297. The van der Waals surface area contributed by atoms with Crippen molar-refractivity contribution >= 4 is 34.2 Å². The van der Waals surface area contributed by atoms with Crippen molar-refractivity contribution in [2.45, 2.75) is 31.8 Å². The van der Waals surface area contributed by atoms with Crippen molar-refractivity contribution in [3.63, 3.8) is 0 Å². The third kappa shape index (κ3) is 6.43. The first-order valence-corrected chi connectivity index (χ1v) is 15.7. The topological polar surface area (TPSA) is 121 Å². The average molecular weight is 644 g/mol. The third-order valence-corrected chi connectivity index (χ3v) is 8.71. The van der Waals surface area contributed by atoms with Crippen LogP contribution in [0.15, 0.2) is 71.5 Å². The number of urea groups is 1. The summed E-state index contributed by atoms with van der Waals surface area (Å²) >= 11 is 0. The van der Waals surface area contributed by atoms with Crippen molar-refractivity contribution in [2.75, 3.05) is 62.2 Å². The molecular weight excluding hydrogens is 605 g/mol. The van der Waals surface area contributed by atoms with E-state index in [1.54, 1.807) is 49.4 Å². The summed E-state index contributed by atoms with van der Waals surface area (Å²) in [6.07, 6.45) is 1.79. The first kappa shape index (κ1) is 31.8. The van der Waals surface area contributed by atoms with Crippen molar-refractivity contribution in [2.24, 2.45) is 0 Å². The zero-order valence-electron chi connectivity index (χ0n) is 26.6. The number of benzene rings is 3. The molecule has 47 heavy (non-hydrogen) atoms. The van der Waals surface area contributed by atoms with Crippen LogP contribution in [0.25, 0.3) is 10.9 Å². The van der Waals surface area contributed by atoms with Gasteiger partial charge in [0.15, 0.2) is 5.82 Å². The molecule has 12 nitrogen and oxygen atoms in total. The number of para-hydroxylation sites is 1. The highest BCUT2D eigenvalue weighted by molar-refractivity contribution is 6.03. The van der Waals surface area contributed by atoms with Gasteiger partial charge < -0.3 is 30.0 Å². The van der Waals surface area contributed by atoms with E-state index in [1.165, 1.54) is 48.1 Å². The van der Waals surface area contributed by atoms with Crippen LogP contribution < -0.4 is 35.6 Å². The van der Waals surface area contributed by atoms with Crippen molar-refractivity contribution in [3.05, 3.63) is 88.7 Å². The summed E-state index contributed by atoms with van der Waals surface area (Å²) in [6.45, 7) is 4.28. The lowest BCUT2D eigenvalue weighted by Crippen LogP contribution is -2.58. The molecule has 0 spiro atoms. The summed E-state index contributed by atoms with van der Waals surface area (Å²) in [4.78, 5) is 49.8. The predicted molar refractivity (Wildman–Crippen MR) is 177 cm³/mol. The second kappa shape index (κ2) is 13.7. The molecule has 0 bridgehead atoms. The number of hydrogen-bond acceptors (Lipinski definition) is 8. The lowest BCUT2D eigenvalue weighted by Gasteiger charge is -2.39. The fraction of sp³-hybridized carbons (Fsp3) is 0.353. The summed E-state index contributed by atoms with van der Waals surface area (Å²) in [7, 11) is 3.02. The standard InChI is InChI=1S/C34H38FN7O5/c1-22(41(29-15-14-25(46-2)21-30(29)47-3)34(45)37-24-12-10-23(35)11-13-24)31-38-27-8-5-4-7-26(27)32(43)42(31)40-19-17-39(18-20-40)33(44)28-9-6-16-36-28/h4-5,7-8,10-15,21-22,28,36H,6,9,16-20H2,1-3H3,(H,37,45)/t22-,28+/m1/s1. The summed E-state index contributed by atoms with van der Waals surface area (Å²) in [6, 6.07) is 16.1. The predicted octanol–water partition coefficient (Wildman–Crippen LogP) is 3.88. The van der Waals surface area contributed by atoms with Crippen molar-refractivity contribution in [3.8, 4) is 11.5 Å². The highest BCUT2D eigenvalue weighted by Gasteiger charge is 2.34. The van der Waals surface area contributed by atoms with Gasteiger partial charge >= 0.3 is 6.03 Å². The van der Waals surface area contributed by atoms with E-state index in [0.29, 0.717) is 65.8 Å². The van der Waals surface area contributed by atoms with Gasteiger partial charge in [0.1, 0.15) is 17.3 Å². The molecule has 2 fully saturated rings. The number of nitrogens with one attached hydrogen (secondary N) is 2. The maximum absolute atomic E-state index is 14.2. The van der Waals surface area contributed by atoms with Gasteiger partial charge in [-0.15, -0.1) is 0 Å². The van der Waals surface area contributed by atoms with Gasteiger partial charge in [0.25, 0.3) is 5.56 Å². The number of anilines is 2. The minimum Gasteiger partial charge on any atom is -0.497 e. The monoisotopic (exact) mass is 643 g/mol. The molecule has 4 aromatic rings. The van der Waals surface area contributed by atoms with Gasteiger partial charge in [0.05, 0.1) is 56.0 Å². The molecule has 246 valence electrons. The molecule has 0 saturated carbocycles. The van der Waals surface area contributed by atoms with Crippen LogP contribution in [0.3, 0.4) is 0 Å². The number of ether oxygens (including phenoxy) is 2. The van der Waals surface area contributed by atoms with Crippen LogP contribution >= 0.6 is 0 Å². The van der Waals surface area contributed by atoms with Crippen LogP contribution in [0.2, 0.25) is 0 Å². The van der Waals surface area contributed by atoms with E-state index in [1.807, 2.05) is 9.91 Å². The van der Waals surface area contributed by atoms with Gasteiger partial charge in [-0.25, -0.2) is 18.8 Å². The second-order valence-corrected chi connectivity index (χ2v) is 11.6. The smallest absolute Gasteiger partial charge is 0.327 e. The van der Waals surface area contributed by atoms with Gasteiger partial charge in [0, 0.05) is 24.8 Å². The largest absolute Gasteiger partial charge is 0.497 e. The molecule has 3 aromatic carbocycles. The van der Waals surface area contributed by atoms with Crippen LogP contribution in [0.4, 0.5) is 20.6 Å². The maximum atomic E-state index is 14.2. The molecule has 2 aliphatic rings. The zero-order valence-corrected chi connectivity index (χ0v) is 26.6. The number of halogens is 1. The number of rotatable bonds is 8. The molecule has 0 radical (unpaired) electrons. The summed E-state index contributed by atoms with van der Waals surface area (Å²) < 4.78 is 26.3. The molecule has 6 rings (SSSR count). The number of carbonyl (C=O) groups excluding carboxylic acids is 2. The number of methoxy groups -OCH3 is 2. The van der Waals surface area contributed by atoms with Crippen LogP contribution in [0, 0.1) is 5.82 Å². The molecule has 0 aliphatic carbocycles. The highest BCUT2D eigenvalue weighted by atomic mass is 19.1. The Balaban J connectivity index is 1.42. The molecule has 2 N–H and O–H groups in total. The van der Waals surface area contributed by atoms with Crippen LogP contribution in [0.1, 0.15) is 31.6 Å². The van der Waals surface area contributed by atoms with Gasteiger partial charge in [0.2, 0.25) is 5.91 Å². The lowest BCUT2D eigenvalue weighted by atomic mass is 10.1. The Morgan fingerprint density at radius 2 is 1.77 bits per heavy atom. The minimum absolute atomic E-state index is 0.0787. The normalized spacial score (nSPS) is 17.0. The lowest BCUT2D eigenvalue weighted by molar-refractivity contribution is -0.133. The summed E-state index contributed by atoms with van der Waals surface area (Å²) in [5.74, 6) is 0.842. The molecule has 2 saturated heterocycles. The molecule has 0 unspecified atom stereocenters. The Bertz CT molecular complexity index is 1820. The number of amides is 3. The maximum Gasteiger partial charge on any atom is 0.327 e. The van der Waals surface area contributed by atoms with Crippen molar-refractivity contribution in [1.29, 1.82) is 0 Å². The Hall–Kier alpha value is -5.17. The van der Waals surface area contributed by atoms with E-state index in [9.17, 15) is 18.8 Å². The van der Waals surface area contributed by atoms with E-state index in [0.717, 1.165) is 19.4 Å². The van der Waals surface area contributed by atoms with E-state index in [2.05, 4.69) is 10.6 Å². The van der Waals surface area contributed by atoms with Gasteiger partial charge in [-0.05, 0) is 74.8 Å². The molecule has 3 heterocycles. The molecule has 13 heteroatoms. The Kier molecular flexibility index (Phi) is 9.25. The fourth-order valence-electron chi connectivity index (χ4n) is 6.23. The minimum atomic E-state index is -0.822. The first-order valence-electron chi connectivity index (χ1n) is 15.7. The first-order chi connectivity index (χ1) is 22.8.